The van der Waals surface area contributed by atoms with E-state index < -0.39 is 0 Å². The standard InChI is InChI=1S/C26H46/c1-7-10-13-14-15-16-17-18-21-26(24(5)20-12-9-3)25(6)22-23(4)19-11-8-2/h9,11-14,19-20,23,25-26H,7-8,10,15-18,21-22H2,1-6H3. The summed E-state index contributed by atoms with van der Waals surface area (Å²) in [6.07, 6.45) is 27.7. The fourth-order valence-corrected chi connectivity index (χ4v) is 3.74. The Morgan fingerprint density at radius 2 is 1.65 bits per heavy atom. The van der Waals surface area contributed by atoms with E-state index in [9.17, 15) is 0 Å². The molecule has 0 saturated carbocycles. The van der Waals surface area contributed by atoms with E-state index in [4.69, 9.17) is 0 Å². The van der Waals surface area contributed by atoms with E-state index in [-0.39, 0.29) is 0 Å². The van der Waals surface area contributed by atoms with Gasteiger partial charge in [0, 0.05) is 0 Å². The zero-order valence-electron chi connectivity index (χ0n) is 18.6. The van der Waals surface area contributed by atoms with E-state index in [0.29, 0.717) is 5.92 Å². The minimum Gasteiger partial charge on any atom is -0.0885 e. The summed E-state index contributed by atoms with van der Waals surface area (Å²) in [5.74, 6) is 2.16. The molecule has 0 aromatic heterocycles. The molecular formula is C26H46. The molecule has 0 N–H and O–H groups in total. The zero-order chi connectivity index (χ0) is 19.6. The van der Waals surface area contributed by atoms with Crippen molar-refractivity contribution in [2.75, 3.05) is 0 Å². The molecule has 150 valence electrons. The highest BCUT2D eigenvalue weighted by atomic mass is 14.2. The van der Waals surface area contributed by atoms with Gasteiger partial charge in [0.1, 0.15) is 0 Å². The van der Waals surface area contributed by atoms with Crippen molar-refractivity contribution in [3.8, 4) is 0 Å². The highest BCUT2D eigenvalue weighted by Gasteiger charge is 2.19. The van der Waals surface area contributed by atoms with Crippen molar-refractivity contribution >= 4 is 0 Å². The number of allylic oxidation sites excluding steroid dienone is 8. The maximum absolute atomic E-state index is 2.46. The van der Waals surface area contributed by atoms with Gasteiger partial charge in [-0.2, -0.15) is 0 Å². The van der Waals surface area contributed by atoms with E-state index in [2.05, 4.69) is 84.1 Å². The van der Waals surface area contributed by atoms with Crippen molar-refractivity contribution in [3.05, 3.63) is 48.1 Å². The summed E-state index contributed by atoms with van der Waals surface area (Å²) in [5.41, 5.74) is 1.56. The second kappa shape index (κ2) is 17.4. The van der Waals surface area contributed by atoms with Crippen LogP contribution in [0.3, 0.4) is 0 Å². The second-order valence-corrected chi connectivity index (χ2v) is 7.97. The first-order valence-corrected chi connectivity index (χ1v) is 11.2. The van der Waals surface area contributed by atoms with E-state index in [0.717, 1.165) is 18.3 Å². The normalized spacial score (nSPS) is 16.8. The summed E-state index contributed by atoms with van der Waals surface area (Å²) in [5, 5.41) is 0. The molecule has 0 aliphatic rings. The topological polar surface area (TPSA) is 0 Å². The quantitative estimate of drug-likeness (QED) is 0.155. The van der Waals surface area contributed by atoms with Crippen LogP contribution in [0.15, 0.2) is 48.1 Å². The Morgan fingerprint density at radius 1 is 0.923 bits per heavy atom. The van der Waals surface area contributed by atoms with Crippen LogP contribution in [0.1, 0.15) is 99.3 Å². The minimum absolute atomic E-state index is 0.686. The zero-order valence-corrected chi connectivity index (χ0v) is 18.6. The number of rotatable bonds is 15. The molecule has 0 spiro atoms. The molecule has 0 heteroatoms. The Labute approximate surface area is 165 Å². The lowest BCUT2D eigenvalue weighted by Crippen LogP contribution is -2.16. The van der Waals surface area contributed by atoms with Gasteiger partial charge in [-0.05, 0) is 70.1 Å². The molecule has 3 unspecified atom stereocenters. The Hall–Kier alpha value is -1.04. The first-order valence-electron chi connectivity index (χ1n) is 11.2. The van der Waals surface area contributed by atoms with Crippen molar-refractivity contribution in [1.82, 2.24) is 0 Å². The Bertz CT molecular complexity index is 421. The lowest BCUT2D eigenvalue weighted by molar-refractivity contribution is 0.327. The van der Waals surface area contributed by atoms with Gasteiger partial charge >= 0.3 is 0 Å². The van der Waals surface area contributed by atoms with E-state index in [1.807, 2.05) is 0 Å². The van der Waals surface area contributed by atoms with Crippen LogP contribution in [-0.4, -0.2) is 0 Å². The lowest BCUT2D eigenvalue weighted by Gasteiger charge is -2.27. The van der Waals surface area contributed by atoms with Gasteiger partial charge in [0.15, 0.2) is 0 Å². The van der Waals surface area contributed by atoms with Crippen molar-refractivity contribution in [3.63, 3.8) is 0 Å². The first kappa shape index (κ1) is 25.0. The molecule has 0 saturated heterocycles. The third kappa shape index (κ3) is 13.2. The molecule has 0 heterocycles. The van der Waals surface area contributed by atoms with Crippen LogP contribution < -0.4 is 0 Å². The molecule has 0 aliphatic carbocycles. The van der Waals surface area contributed by atoms with Gasteiger partial charge in [-0.25, -0.2) is 0 Å². The summed E-state index contributed by atoms with van der Waals surface area (Å²) < 4.78 is 0. The summed E-state index contributed by atoms with van der Waals surface area (Å²) in [6.45, 7) is 13.7. The fourth-order valence-electron chi connectivity index (χ4n) is 3.74. The first-order chi connectivity index (χ1) is 12.6. The molecule has 0 nitrogen and oxygen atoms in total. The molecule has 26 heavy (non-hydrogen) atoms. The van der Waals surface area contributed by atoms with Crippen LogP contribution in [0.25, 0.3) is 0 Å². The molecule has 0 radical (unpaired) electrons. The van der Waals surface area contributed by atoms with Gasteiger partial charge in [0.25, 0.3) is 0 Å². The van der Waals surface area contributed by atoms with E-state index in [1.54, 1.807) is 5.57 Å². The molecule has 0 rings (SSSR count). The molecule has 0 fully saturated rings. The van der Waals surface area contributed by atoms with Gasteiger partial charge < -0.3 is 0 Å². The maximum Gasteiger partial charge on any atom is -0.0177 e. The highest BCUT2D eigenvalue weighted by molar-refractivity contribution is 5.13. The summed E-state index contributed by atoms with van der Waals surface area (Å²) in [7, 11) is 0. The Balaban J connectivity index is 4.53. The number of hydrogen-bond donors (Lipinski definition) is 0. The van der Waals surface area contributed by atoms with Crippen LogP contribution in [0.5, 0.6) is 0 Å². The third-order valence-electron chi connectivity index (χ3n) is 5.28. The SMILES string of the molecule is CC=CC=C(C)C(CCCCCC=CCCC)C(C)CC(C)C=CCC. The summed E-state index contributed by atoms with van der Waals surface area (Å²) in [4.78, 5) is 0. The van der Waals surface area contributed by atoms with Crippen molar-refractivity contribution in [2.45, 2.75) is 99.3 Å². The van der Waals surface area contributed by atoms with Gasteiger partial charge in [0.2, 0.25) is 0 Å². The van der Waals surface area contributed by atoms with Crippen LogP contribution in [0.2, 0.25) is 0 Å². The molecule has 0 bridgehead atoms. The predicted octanol–water partition coefficient (Wildman–Crippen LogP) is 9.06. The van der Waals surface area contributed by atoms with E-state index in [1.165, 1.54) is 51.4 Å². The van der Waals surface area contributed by atoms with Gasteiger partial charge in [0.05, 0.1) is 0 Å². The molecule has 0 aliphatic heterocycles. The van der Waals surface area contributed by atoms with Crippen LogP contribution in [-0.2, 0) is 0 Å². The van der Waals surface area contributed by atoms with E-state index >= 15 is 0 Å². The minimum atomic E-state index is 0.686. The number of hydrogen-bond acceptors (Lipinski definition) is 0. The van der Waals surface area contributed by atoms with Gasteiger partial charge in [-0.3, -0.25) is 0 Å². The summed E-state index contributed by atoms with van der Waals surface area (Å²) >= 11 is 0. The monoisotopic (exact) mass is 358 g/mol. The molecule has 0 aromatic carbocycles. The van der Waals surface area contributed by atoms with Crippen molar-refractivity contribution < 1.29 is 0 Å². The van der Waals surface area contributed by atoms with Crippen LogP contribution >= 0.6 is 0 Å². The average Bonchev–Trinajstić information content (AvgIpc) is 2.63. The van der Waals surface area contributed by atoms with Crippen LogP contribution in [0, 0.1) is 17.8 Å². The largest absolute Gasteiger partial charge is 0.0885 e. The number of unbranched alkanes of at least 4 members (excludes halogenated alkanes) is 4. The molecule has 0 aromatic rings. The Kier molecular flexibility index (Phi) is 16.7. The van der Waals surface area contributed by atoms with Crippen molar-refractivity contribution in [1.29, 1.82) is 0 Å². The molecule has 0 amide bonds. The average molecular weight is 359 g/mol. The fraction of sp³-hybridized carbons (Fsp3) is 0.692. The highest BCUT2D eigenvalue weighted by Crippen LogP contribution is 2.31. The smallest absolute Gasteiger partial charge is 0.0177 e. The molecular weight excluding hydrogens is 312 g/mol. The van der Waals surface area contributed by atoms with Gasteiger partial charge in [-0.1, -0.05) is 95.1 Å². The second-order valence-electron chi connectivity index (χ2n) is 7.97. The van der Waals surface area contributed by atoms with Crippen molar-refractivity contribution in [2.24, 2.45) is 17.8 Å². The lowest BCUT2D eigenvalue weighted by atomic mass is 9.79. The molecule has 3 atom stereocenters. The summed E-state index contributed by atoms with van der Waals surface area (Å²) in [6, 6.07) is 0. The predicted molar refractivity (Wildman–Crippen MR) is 122 cm³/mol. The maximum atomic E-state index is 2.46. The van der Waals surface area contributed by atoms with Crippen LogP contribution in [0.4, 0.5) is 0 Å². The Morgan fingerprint density at radius 3 is 2.31 bits per heavy atom. The third-order valence-corrected chi connectivity index (χ3v) is 5.28. The van der Waals surface area contributed by atoms with Gasteiger partial charge in [-0.15, -0.1) is 0 Å².